The Labute approximate surface area is 100 Å². The Morgan fingerprint density at radius 1 is 1.27 bits per heavy atom. The molecule has 3 aliphatic rings. The van der Waals surface area contributed by atoms with Crippen molar-refractivity contribution >= 4 is 27.3 Å². The number of fused-ring (bicyclic) bond motifs is 3. The maximum atomic E-state index is 5.71. The van der Waals surface area contributed by atoms with Crippen molar-refractivity contribution in [3.8, 4) is 0 Å². The van der Waals surface area contributed by atoms with Crippen LogP contribution in [-0.4, -0.2) is 19.8 Å². The fraction of sp³-hybridized carbons (Fsp3) is 0.600. The van der Waals surface area contributed by atoms with E-state index in [1.165, 1.54) is 0 Å². The van der Waals surface area contributed by atoms with Gasteiger partial charge < -0.3 is 14.2 Å². The van der Waals surface area contributed by atoms with Gasteiger partial charge in [-0.3, -0.25) is 0 Å². The summed E-state index contributed by atoms with van der Waals surface area (Å²) < 4.78 is 18.2. The van der Waals surface area contributed by atoms with Crippen molar-refractivity contribution in [2.75, 3.05) is 19.8 Å². The maximum absolute atomic E-state index is 5.71. The number of hydrogen-bond donors (Lipinski definition) is 0. The molecule has 0 radical (unpaired) electrons. The summed E-state index contributed by atoms with van der Waals surface area (Å²) in [6.07, 6.45) is 0. The number of ether oxygens (including phenoxy) is 3. The van der Waals surface area contributed by atoms with Gasteiger partial charge in [0.05, 0.1) is 24.7 Å². The van der Waals surface area contributed by atoms with Crippen LogP contribution in [0, 0.1) is 5.41 Å². The average molecular weight is 291 g/mol. The molecule has 3 saturated heterocycles. The minimum atomic E-state index is -0.936. The summed E-state index contributed by atoms with van der Waals surface area (Å²) >= 11 is 5.00. The van der Waals surface area contributed by atoms with Crippen molar-refractivity contribution in [1.82, 2.24) is 0 Å². The molecule has 0 atom stereocenters. The highest BCUT2D eigenvalue weighted by Crippen LogP contribution is 2.46. The van der Waals surface area contributed by atoms with Crippen molar-refractivity contribution in [1.29, 1.82) is 0 Å². The van der Waals surface area contributed by atoms with E-state index in [1.54, 1.807) is 11.3 Å². The first kappa shape index (κ1) is 10.2. The predicted octanol–water partition coefficient (Wildman–Crippen LogP) is 2.70. The van der Waals surface area contributed by atoms with E-state index < -0.39 is 5.97 Å². The fourth-order valence-corrected chi connectivity index (χ4v) is 3.23. The Balaban J connectivity index is 1.93. The van der Waals surface area contributed by atoms with Crippen LogP contribution in [0.5, 0.6) is 0 Å². The van der Waals surface area contributed by atoms with Gasteiger partial charge in [0.25, 0.3) is 0 Å². The van der Waals surface area contributed by atoms with Crippen molar-refractivity contribution in [3.05, 3.63) is 20.8 Å². The molecule has 0 aliphatic carbocycles. The highest BCUT2D eigenvalue weighted by molar-refractivity contribution is 9.10. The van der Waals surface area contributed by atoms with E-state index in [0.717, 1.165) is 9.35 Å². The van der Waals surface area contributed by atoms with Crippen molar-refractivity contribution in [2.24, 2.45) is 5.41 Å². The molecule has 5 heteroatoms. The molecule has 15 heavy (non-hydrogen) atoms. The molecule has 0 spiro atoms. The SMILES string of the molecule is CC12COC(c3cc(Br)cs3)(OC1)OC2. The summed E-state index contributed by atoms with van der Waals surface area (Å²) in [7, 11) is 0. The van der Waals surface area contributed by atoms with Gasteiger partial charge in [-0.1, -0.05) is 6.92 Å². The first-order chi connectivity index (χ1) is 7.12. The van der Waals surface area contributed by atoms with Crippen LogP contribution in [-0.2, 0) is 20.2 Å². The van der Waals surface area contributed by atoms with Gasteiger partial charge in [-0.25, -0.2) is 0 Å². The first-order valence-corrected chi connectivity index (χ1v) is 6.46. The molecule has 0 saturated carbocycles. The predicted molar refractivity (Wildman–Crippen MR) is 59.7 cm³/mol. The van der Waals surface area contributed by atoms with Crippen LogP contribution in [0.25, 0.3) is 0 Å². The molecule has 1 aromatic heterocycles. The Morgan fingerprint density at radius 2 is 1.87 bits per heavy atom. The number of hydrogen-bond acceptors (Lipinski definition) is 4. The van der Waals surface area contributed by atoms with Crippen molar-refractivity contribution < 1.29 is 14.2 Å². The van der Waals surface area contributed by atoms with Crippen molar-refractivity contribution in [3.63, 3.8) is 0 Å². The summed E-state index contributed by atoms with van der Waals surface area (Å²) in [5.41, 5.74) is 0.0240. The number of rotatable bonds is 1. The van der Waals surface area contributed by atoms with Gasteiger partial charge in [-0.2, -0.15) is 0 Å². The lowest BCUT2D eigenvalue weighted by Crippen LogP contribution is -2.56. The number of thiophene rings is 1. The molecule has 0 aromatic carbocycles. The third-order valence-electron chi connectivity index (χ3n) is 2.70. The smallest absolute Gasteiger partial charge is 0.321 e. The summed E-state index contributed by atoms with van der Waals surface area (Å²) in [5, 5.41) is 2.00. The summed E-state index contributed by atoms with van der Waals surface area (Å²) in [6, 6.07) is 1.98. The lowest BCUT2D eigenvalue weighted by Gasteiger charge is -2.49. The van der Waals surface area contributed by atoms with Crippen LogP contribution in [0.15, 0.2) is 15.9 Å². The van der Waals surface area contributed by atoms with E-state index in [0.29, 0.717) is 19.8 Å². The third-order valence-corrected chi connectivity index (χ3v) is 4.46. The minimum Gasteiger partial charge on any atom is -0.322 e. The third kappa shape index (κ3) is 1.57. The zero-order valence-corrected chi connectivity index (χ0v) is 10.7. The molecule has 3 nitrogen and oxygen atoms in total. The van der Waals surface area contributed by atoms with Crippen LogP contribution < -0.4 is 0 Å². The summed E-state index contributed by atoms with van der Waals surface area (Å²) in [5.74, 6) is -0.936. The van der Waals surface area contributed by atoms with Gasteiger partial charge in [0, 0.05) is 15.3 Å². The fourth-order valence-electron chi connectivity index (χ4n) is 1.74. The van der Waals surface area contributed by atoms with E-state index in [1.807, 2.05) is 11.4 Å². The summed E-state index contributed by atoms with van der Waals surface area (Å²) in [6.45, 7) is 4.20. The molecule has 2 bridgehead atoms. The Hall–Kier alpha value is 0.0600. The molecular formula is C10H11BrO3S. The lowest BCUT2D eigenvalue weighted by atomic mass is 9.92. The van der Waals surface area contributed by atoms with E-state index in [4.69, 9.17) is 14.2 Å². The highest BCUT2D eigenvalue weighted by Gasteiger charge is 2.52. The van der Waals surface area contributed by atoms with Gasteiger partial charge in [0.2, 0.25) is 0 Å². The second-order valence-electron chi connectivity index (χ2n) is 4.36. The minimum absolute atomic E-state index is 0.0240. The zero-order chi connectivity index (χ0) is 10.5. The molecule has 0 unspecified atom stereocenters. The lowest BCUT2D eigenvalue weighted by molar-refractivity contribution is -0.476. The monoisotopic (exact) mass is 290 g/mol. The van der Waals surface area contributed by atoms with Crippen LogP contribution >= 0.6 is 27.3 Å². The maximum Gasteiger partial charge on any atom is 0.321 e. The normalized spacial score (nSPS) is 39.6. The highest BCUT2D eigenvalue weighted by atomic mass is 79.9. The van der Waals surface area contributed by atoms with E-state index in [9.17, 15) is 0 Å². The Kier molecular flexibility index (Phi) is 2.23. The molecule has 82 valence electrons. The van der Waals surface area contributed by atoms with Crippen LogP contribution in [0.1, 0.15) is 11.8 Å². The molecule has 4 heterocycles. The van der Waals surface area contributed by atoms with Gasteiger partial charge >= 0.3 is 5.97 Å². The van der Waals surface area contributed by atoms with Gasteiger partial charge in [-0.05, 0) is 22.0 Å². The molecule has 4 rings (SSSR count). The average Bonchev–Trinajstić information content (AvgIpc) is 2.67. The number of halogens is 1. The largest absolute Gasteiger partial charge is 0.322 e. The molecule has 3 aliphatic heterocycles. The molecule has 1 aromatic rings. The molecule has 0 N–H and O–H groups in total. The zero-order valence-electron chi connectivity index (χ0n) is 8.29. The van der Waals surface area contributed by atoms with E-state index in [2.05, 4.69) is 22.9 Å². The molecule has 3 fully saturated rings. The second-order valence-corrected chi connectivity index (χ2v) is 6.19. The quantitative estimate of drug-likeness (QED) is 0.796. The van der Waals surface area contributed by atoms with Gasteiger partial charge in [0.1, 0.15) is 0 Å². The van der Waals surface area contributed by atoms with Crippen LogP contribution in [0.2, 0.25) is 0 Å². The second kappa shape index (κ2) is 3.28. The van der Waals surface area contributed by atoms with Gasteiger partial charge in [0.15, 0.2) is 0 Å². The van der Waals surface area contributed by atoms with Crippen molar-refractivity contribution in [2.45, 2.75) is 12.9 Å². The van der Waals surface area contributed by atoms with Crippen LogP contribution in [0.4, 0.5) is 0 Å². The van der Waals surface area contributed by atoms with Crippen LogP contribution in [0.3, 0.4) is 0 Å². The molecule has 0 amide bonds. The topological polar surface area (TPSA) is 27.7 Å². The first-order valence-electron chi connectivity index (χ1n) is 4.78. The standard InChI is InChI=1S/C10H11BrO3S/c1-9-4-12-10(13-5-9,14-6-9)8-2-7(11)3-15-8/h2-3H,4-6H2,1H3. The Morgan fingerprint density at radius 3 is 2.33 bits per heavy atom. The summed E-state index contributed by atoms with van der Waals surface area (Å²) in [4.78, 5) is 0.969. The van der Waals surface area contributed by atoms with E-state index in [-0.39, 0.29) is 5.41 Å². The Bertz CT molecular complexity index is 365. The van der Waals surface area contributed by atoms with Gasteiger partial charge in [-0.15, -0.1) is 11.3 Å². The van der Waals surface area contributed by atoms with E-state index >= 15 is 0 Å². The molecular weight excluding hydrogens is 280 g/mol.